The Morgan fingerprint density at radius 1 is 1.57 bits per heavy atom. The third-order valence-corrected chi connectivity index (χ3v) is 4.29. The maximum Gasteiger partial charge on any atom is 0.218 e. The first-order chi connectivity index (χ1) is 6.41. The number of sulfone groups is 1. The van der Waals surface area contributed by atoms with Gasteiger partial charge in [0.15, 0.2) is 9.84 Å². The number of rotatable bonds is 4. The van der Waals surface area contributed by atoms with Crippen LogP contribution in [0.5, 0.6) is 0 Å². The van der Waals surface area contributed by atoms with Crippen LogP contribution in [0.4, 0.5) is 0 Å². The molecule has 82 valence electrons. The summed E-state index contributed by atoms with van der Waals surface area (Å²) in [5.41, 5.74) is 5.01. The van der Waals surface area contributed by atoms with E-state index in [-0.39, 0.29) is 29.9 Å². The fourth-order valence-corrected chi connectivity index (χ4v) is 3.40. The molecular weight excluding hydrogens is 204 g/mol. The number of carbonyl (C=O) groups excluding carboxylic acids is 1. The molecule has 1 fully saturated rings. The van der Waals surface area contributed by atoms with Gasteiger partial charge in [-0.3, -0.25) is 4.79 Å². The van der Waals surface area contributed by atoms with Crippen molar-refractivity contribution in [3.05, 3.63) is 0 Å². The van der Waals surface area contributed by atoms with Gasteiger partial charge in [-0.1, -0.05) is 0 Å². The molecule has 1 atom stereocenters. The molecule has 1 aliphatic heterocycles. The van der Waals surface area contributed by atoms with Gasteiger partial charge in [0.1, 0.15) is 0 Å². The molecule has 0 aromatic rings. The lowest BCUT2D eigenvalue weighted by atomic mass is 10.2. The summed E-state index contributed by atoms with van der Waals surface area (Å²) >= 11 is 0. The Balaban J connectivity index is 2.39. The minimum Gasteiger partial charge on any atom is -0.370 e. The minimum atomic E-state index is -2.84. The van der Waals surface area contributed by atoms with Crippen LogP contribution in [0, 0.1) is 0 Å². The summed E-state index contributed by atoms with van der Waals surface area (Å²) in [6.45, 7) is 0.537. The second-order valence-corrected chi connectivity index (χ2v) is 5.98. The van der Waals surface area contributed by atoms with E-state index < -0.39 is 9.84 Å². The van der Waals surface area contributed by atoms with E-state index in [1.54, 1.807) is 0 Å². The predicted octanol–water partition coefficient (Wildman–Crippen LogP) is -1.02. The molecular formula is C8H16N2O3S. The van der Waals surface area contributed by atoms with E-state index in [0.29, 0.717) is 13.0 Å². The normalized spacial score (nSPS) is 25.4. The van der Waals surface area contributed by atoms with Gasteiger partial charge in [-0.2, -0.15) is 0 Å². The summed E-state index contributed by atoms with van der Waals surface area (Å²) in [6, 6.07) is 0.0550. The Hall–Kier alpha value is -0.620. The molecule has 0 bridgehead atoms. The minimum absolute atomic E-state index is 0.0550. The van der Waals surface area contributed by atoms with Crippen molar-refractivity contribution in [2.75, 3.05) is 25.1 Å². The first kappa shape index (κ1) is 11.5. The summed E-state index contributed by atoms with van der Waals surface area (Å²) in [6.07, 6.45) is 0.949. The Morgan fingerprint density at radius 2 is 2.21 bits per heavy atom. The van der Waals surface area contributed by atoms with E-state index in [0.717, 1.165) is 0 Å². The molecule has 0 aliphatic carbocycles. The molecule has 0 spiro atoms. The maximum atomic E-state index is 11.2. The SMILES string of the molecule is CN(CCC(N)=O)C1CCS(=O)(=O)C1. The zero-order valence-electron chi connectivity index (χ0n) is 8.27. The van der Waals surface area contributed by atoms with E-state index in [1.165, 1.54) is 0 Å². The first-order valence-corrected chi connectivity index (χ1v) is 6.42. The van der Waals surface area contributed by atoms with E-state index in [2.05, 4.69) is 0 Å². The first-order valence-electron chi connectivity index (χ1n) is 4.60. The maximum absolute atomic E-state index is 11.2. The summed E-state index contributed by atoms with van der Waals surface area (Å²) in [5, 5.41) is 0. The molecule has 0 aromatic carbocycles. The Morgan fingerprint density at radius 3 is 2.64 bits per heavy atom. The molecule has 0 saturated carbocycles. The fourth-order valence-electron chi connectivity index (χ4n) is 1.59. The van der Waals surface area contributed by atoms with Crippen LogP contribution in [0.25, 0.3) is 0 Å². The van der Waals surface area contributed by atoms with Crippen LogP contribution in [0.1, 0.15) is 12.8 Å². The largest absolute Gasteiger partial charge is 0.370 e. The van der Waals surface area contributed by atoms with Crippen LogP contribution in [0.3, 0.4) is 0 Å². The van der Waals surface area contributed by atoms with E-state index in [9.17, 15) is 13.2 Å². The third-order valence-electron chi connectivity index (χ3n) is 2.54. The van der Waals surface area contributed by atoms with E-state index in [4.69, 9.17) is 5.73 Å². The second kappa shape index (κ2) is 4.27. The average Bonchev–Trinajstić information content (AvgIpc) is 2.41. The van der Waals surface area contributed by atoms with Crippen LogP contribution in [-0.2, 0) is 14.6 Å². The molecule has 1 aliphatic rings. The molecule has 1 heterocycles. The molecule has 6 heteroatoms. The highest BCUT2D eigenvalue weighted by molar-refractivity contribution is 7.91. The predicted molar refractivity (Wildman–Crippen MR) is 53.5 cm³/mol. The smallest absolute Gasteiger partial charge is 0.218 e. The molecule has 2 N–H and O–H groups in total. The second-order valence-electron chi connectivity index (χ2n) is 3.75. The molecule has 14 heavy (non-hydrogen) atoms. The van der Waals surface area contributed by atoms with Crippen molar-refractivity contribution in [2.45, 2.75) is 18.9 Å². The quantitative estimate of drug-likeness (QED) is 0.657. The molecule has 0 aromatic heterocycles. The van der Waals surface area contributed by atoms with Crippen molar-refractivity contribution >= 4 is 15.7 Å². The summed E-state index contributed by atoms with van der Waals surface area (Å²) in [4.78, 5) is 12.4. The molecule has 1 rings (SSSR count). The lowest BCUT2D eigenvalue weighted by molar-refractivity contribution is -0.118. The van der Waals surface area contributed by atoms with Crippen LogP contribution >= 0.6 is 0 Å². The van der Waals surface area contributed by atoms with Crippen molar-refractivity contribution in [3.63, 3.8) is 0 Å². The van der Waals surface area contributed by atoms with Gasteiger partial charge in [0.05, 0.1) is 11.5 Å². The number of hydrogen-bond acceptors (Lipinski definition) is 4. The molecule has 0 radical (unpaired) electrons. The van der Waals surface area contributed by atoms with Gasteiger partial charge in [0, 0.05) is 19.0 Å². The molecule has 5 nitrogen and oxygen atoms in total. The van der Waals surface area contributed by atoms with Gasteiger partial charge >= 0.3 is 0 Å². The van der Waals surface area contributed by atoms with Crippen molar-refractivity contribution in [3.8, 4) is 0 Å². The lowest BCUT2D eigenvalue weighted by Crippen LogP contribution is -2.35. The summed E-state index contributed by atoms with van der Waals surface area (Å²) in [5.74, 6) is 0.124. The van der Waals surface area contributed by atoms with Gasteiger partial charge < -0.3 is 10.6 Å². The fraction of sp³-hybridized carbons (Fsp3) is 0.875. The van der Waals surface area contributed by atoms with Crippen molar-refractivity contribution in [1.82, 2.24) is 4.90 Å². The Kier molecular flexibility index (Phi) is 3.49. The van der Waals surface area contributed by atoms with Crippen LogP contribution in [0.15, 0.2) is 0 Å². The number of primary amides is 1. The topological polar surface area (TPSA) is 80.5 Å². The van der Waals surface area contributed by atoms with Crippen molar-refractivity contribution < 1.29 is 13.2 Å². The van der Waals surface area contributed by atoms with Gasteiger partial charge in [0.2, 0.25) is 5.91 Å². The summed E-state index contributed by atoms with van der Waals surface area (Å²) < 4.78 is 22.3. The number of hydrogen-bond donors (Lipinski definition) is 1. The number of carbonyl (C=O) groups is 1. The highest BCUT2D eigenvalue weighted by Gasteiger charge is 2.30. The zero-order valence-corrected chi connectivity index (χ0v) is 9.09. The Bertz CT molecular complexity index is 313. The Labute approximate surface area is 84.2 Å². The molecule has 1 amide bonds. The van der Waals surface area contributed by atoms with Crippen LogP contribution < -0.4 is 5.73 Å². The number of nitrogens with two attached hydrogens (primary N) is 1. The van der Waals surface area contributed by atoms with Gasteiger partial charge in [0.25, 0.3) is 0 Å². The highest BCUT2D eigenvalue weighted by atomic mass is 32.2. The molecule has 1 unspecified atom stereocenters. The lowest BCUT2D eigenvalue weighted by Gasteiger charge is -2.21. The monoisotopic (exact) mass is 220 g/mol. The third kappa shape index (κ3) is 3.26. The van der Waals surface area contributed by atoms with E-state index in [1.807, 2.05) is 11.9 Å². The van der Waals surface area contributed by atoms with Gasteiger partial charge in [-0.15, -0.1) is 0 Å². The average molecular weight is 220 g/mol. The van der Waals surface area contributed by atoms with Crippen LogP contribution in [0.2, 0.25) is 0 Å². The standard InChI is InChI=1S/C8H16N2O3S/c1-10(4-2-8(9)11)7-3-5-14(12,13)6-7/h7H,2-6H2,1H3,(H2,9,11). The summed E-state index contributed by atoms with van der Waals surface area (Å²) in [7, 11) is -1.01. The highest BCUT2D eigenvalue weighted by Crippen LogP contribution is 2.16. The van der Waals surface area contributed by atoms with Gasteiger partial charge in [-0.25, -0.2) is 8.42 Å². The van der Waals surface area contributed by atoms with Gasteiger partial charge in [-0.05, 0) is 13.5 Å². The number of nitrogens with zero attached hydrogens (tertiary/aromatic N) is 1. The number of amides is 1. The van der Waals surface area contributed by atoms with E-state index >= 15 is 0 Å². The molecule has 1 saturated heterocycles. The van der Waals surface area contributed by atoms with Crippen molar-refractivity contribution in [1.29, 1.82) is 0 Å². The van der Waals surface area contributed by atoms with Crippen LogP contribution in [-0.4, -0.2) is 50.4 Å². The van der Waals surface area contributed by atoms with Crippen molar-refractivity contribution in [2.24, 2.45) is 5.73 Å². The zero-order chi connectivity index (χ0) is 10.8.